The molecule has 0 fully saturated rings. The molecule has 9 aromatic carbocycles. The van der Waals surface area contributed by atoms with Gasteiger partial charge >= 0.3 is 0 Å². The van der Waals surface area contributed by atoms with Crippen molar-refractivity contribution in [3.63, 3.8) is 0 Å². The molecule has 0 bridgehead atoms. The Morgan fingerprint density at radius 3 is 0.622 bits per heavy atom. The molecule has 0 N–H and O–H groups in total. The Bertz CT molecular complexity index is 4080. The molecule has 9 rings (SSSR count). The third-order valence-electron chi connectivity index (χ3n) is 22.6. The number of benzene rings is 9. The molecule has 0 aliphatic carbocycles. The van der Waals surface area contributed by atoms with Gasteiger partial charge in [0.25, 0.3) is 0 Å². The Hall–Kier alpha value is -6.35. The lowest BCUT2D eigenvalue weighted by atomic mass is 9.88. The van der Waals surface area contributed by atoms with Gasteiger partial charge in [0.2, 0.25) is 0 Å². The highest BCUT2D eigenvalue weighted by Gasteiger charge is 2.45. The van der Waals surface area contributed by atoms with E-state index in [1.54, 1.807) is 0 Å². The first-order chi connectivity index (χ1) is 42.5. The lowest BCUT2D eigenvalue weighted by Gasteiger charge is -2.38. The zero-order chi connectivity index (χ0) is 65.7. The first-order valence-electron chi connectivity index (χ1n) is 34.6. The molecule has 0 unspecified atom stereocenters. The molecule has 0 heterocycles. The molecule has 0 nitrogen and oxygen atoms in total. The van der Waals surface area contributed by atoms with E-state index in [2.05, 4.69) is 345 Å². The summed E-state index contributed by atoms with van der Waals surface area (Å²) in [5.74, 6) is 16.2. The van der Waals surface area contributed by atoms with E-state index < -0.39 is 32.3 Å². The van der Waals surface area contributed by atoms with Crippen molar-refractivity contribution >= 4 is 96.9 Å². The molecule has 9 aromatic rings. The smallest absolute Gasteiger partial charge is 0.125 e. The summed E-state index contributed by atoms with van der Waals surface area (Å²) < 4.78 is 0. The maximum atomic E-state index is 4.20. The van der Waals surface area contributed by atoms with E-state index >= 15 is 0 Å². The molecule has 0 saturated carbocycles. The minimum Gasteiger partial charge on any atom is -0.125 e. The van der Waals surface area contributed by atoms with Crippen LogP contribution in [-0.2, 0) is 0 Å². The van der Waals surface area contributed by atoms with E-state index in [1.807, 2.05) is 0 Å². The molecule has 0 aliphatic rings. The van der Waals surface area contributed by atoms with Crippen LogP contribution in [0.25, 0.3) is 86.9 Å². The van der Waals surface area contributed by atoms with Gasteiger partial charge in [-0.1, -0.05) is 287 Å². The van der Waals surface area contributed by atoms with Crippen LogP contribution in [0.1, 0.15) is 188 Å². The molecule has 0 atom stereocenters. The van der Waals surface area contributed by atoms with Gasteiger partial charge in [-0.3, -0.25) is 0 Å². The molecule has 4 heteroatoms. The fraction of sp³-hybridized carbons (Fsp3) is 0.419. The van der Waals surface area contributed by atoms with Crippen LogP contribution < -0.4 is 0 Å². The molecule has 0 radical (unpaired) electrons. The van der Waals surface area contributed by atoms with Gasteiger partial charge in [-0.2, -0.15) is 0 Å². The SMILES string of the molecule is CC(C)[Si](C#Cc1c2ccccc2c(C#C[Si](C(C)C)(C(C)C)C(C)C)c2cc3cc(-c4ccccc4-c4ccc5cc6c(C#C[Si](C(C)C)(C(C)C)C(C)C)c7ccccc7c(C#C[Si](C(C)C)(C(C)C)C(C)C)c6cc5c4)ccc3cc12)(C(C)C)C(C)C. The maximum absolute atomic E-state index is 4.20. The van der Waals surface area contributed by atoms with Crippen LogP contribution in [0.5, 0.6) is 0 Å². The van der Waals surface area contributed by atoms with Gasteiger partial charge in [-0.25, -0.2) is 0 Å². The van der Waals surface area contributed by atoms with Crippen LogP contribution >= 0.6 is 0 Å². The minimum atomic E-state index is -2.10. The van der Waals surface area contributed by atoms with Crippen molar-refractivity contribution in [1.29, 1.82) is 0 Å². The summed E-state index contributed by atoms with van der Waals surface area (Å²) in [6.45, 7) is 58.2. The standard InChI is InChI=1S/C86H106Si4/c1-55(2)87(56(3)4,57(5)6)45-41-79-75-33-27-29-35-77(75)81(43-47-89(61(13)14,62(15)16)63(17)18)85-53-71-49-69(39-37-67(71)51-83(79)85)73-31-25-26-32-74(73)70-40-38-68-52-84-80(42-46-88(58(7)8,59(9)10)60(11)12)76-34-28-30-36-78(76)82(86(84)54-72(68)50-70)44-48-90(64(19)20,65(21)22)66(23)24/h25-40,49-66H,1-24H3. The maximum Gasteiger partial charge on any atom is 0.146 e. The molecule has 0 aromatic heterocycles. The topological polar surface area (TPSA) is 0 Å². The van der Waals surface area contributed by atoms with Crippen molar-refractivity contribution in [1.82, 2.24) is 0 Å². The Morgan fingerprint density at radius 2 is 0.411 bits per heavy atom. The second-order valence-electron chi connectivity index (χ2n) is 30.6. The quantitative estimate of drug-likeness (QED) is 0.0578. The van der Waals surface area contributed by atoms with Crippen LogP contribution in [0.3, 0.4) is 0 Å². The average Bonchev–Trinajstić information content (AvgIpc) is 0.754. The van der Waals surface area contributed by atoms with Gasteiger partial charge in [-0.05, 0) is 190 Å². The predicted molar refractivity (Wildman–Crippen MR) is 414 cm³/mol. The monoisotopic (exact) mass is 1250 g/mol. The number of hydrogen-bond donors (Lipinski definition) is 0. The van der Waals surface area contributed by atoms with Crippen LogP contribution in [0.2, 0.25) is 66.5 Å². The van der Waals surface area contributed by atoms with Gasteiger partial charge < -0.3 is 0 Å². The van der Waals surface area contributed by atoms with Crippen molar-refractivity contribution in [2.75, 3.05) is 0 Å². The van der Waals surface area contributed by atoms with Crippen molar-refractivity contribution in [2.24, 2.45) is 0 Å². The summed E-state index contributed by atoms with van der Waals surface area (Å²) in [5.41, 5.74) is 32.4. The average molecular weight is 1250 g/mol. The summed E-state index contributed by atoms with van der Waals surface area (Å²) in [6, 6.07) is 51.2. The second-order valence-corrected chi connectivity index (χ2v) is 53.0. The Kier molecular flexibility index (Phi) is 20.2. The lowest BCUT2D eigenvalue weighted by molar-refractivity contribution is 0.838. The second kappa shape index (κ2) is 26.7. The van der Waals surface area contributed by atoms with E-state index in [9.17, 15) is 0 Å². The molecule has 0 amide bonds. The number of fused-ring (bicyclic) bond motifs is 6. The van der Waals surface area contributed by atoms with E-state index in [0.29, 0.717) is 66.5 Å². The summed E-state index contributed by atoms with van der Waals surface area (Å²) in [4.78, 5) is 0. The third-order valence-corrected chi connectivity index (χ3v) is 47.8. The van der Waals surface area contributed by atoms with Gasteiger partial charge in [0, 0.05) is 22.3 Å². The van der Waals surface area contributed by atoms with Crippen LogP contribution in [0.4, 0.5) is 0 Å². The van der Waals surface area contributed by atoms with Crippen molar-refractivity contribution in [3.8, 4) is 68.1 Å². The summed E-state index contributed by atoms with van der Waals surface area (Å²) in [7, 11) is -8.37. The number of hydrogen-bond acceptors (Lipinski definition) is 0. The zero-order valence-electron chi connectivity index (χ0n) is 59.6. The Balaban J connectivity index is 1.30. The first kappa shape index (κ1) is 68.0. The fourth-order valence-corrected chi connectivity index (χ4v) is 38.9. The van der Waals surface area contributed by atoms with Crippen LogP contribution in [0.15, 0.2) is 133 Å². The summed E-state index contributed by atoms with van der Waals surface area (Å²) in [5, 5.41) is 14.5. The van der Waals surface area contributed by atoms with Crippen molar-refractivity contribution in [2.45, 2.75) is 233 Å². The molecule has 0 aliphatic heterocycles. The van der Waals surface area contributed by atoms with E-state index in [4.69, 9.17) is 0 Å². The normalized spacial score (nSPS) is 12.8. The summed E-state index contributed by atoms with van der Waals surface area (Å²) in [6.07, 6.45) is 0. The highest BCUT2D eigenvalue weighted by molar-refractivity contribution is 6.92. The minimum absolute atomic E-state index is 0.520. The Morgan fingerprint density at radius 1 is 0.211 bits per heavy atom. The van der Waals surface area contributed by atoms with E-state index in [1.165, 1.54) is 86.9 Å². The lowest BCUT2D eigenvalue weighted by Crippen LogP contribution is -2.43. The fourth-order valence-electron chi connectivity index (χ4n) is 18.1. The molecular formula is C86H106Si4. The molecule has 0 spiro atoms. The molecule has 466 valence electrons. The summed E-state index contributed by atoms with van der Waals surface area (Å²) >= 11 is 0. The van der Waals surface area contributed by atoms with Crippen molar-refractivity contribution in [3.05, 3.63) is 156 Å². The zero-order valence-corrected chi connectivity index (χ0v) is 63.6. The molecule has 90 heavy (non-hydrogen) atoms. The van der Waals surface area contributed by atoms with Gasteiger partial charge in [-0.15, -0.1) is 22.2 Å². The number of rotatable bonds is 14. The van der Waals surface area contributed by atoms with Gasteiger partial charge in [0.15, 0.2) is 0 Å². The van der Waals surface area contributed by atoms with Crippen LogP contribution in [-0.4, -0.2) is 32.3 Å². The van der Waals surface area contributed by atoms with Gasteiger partial charge in [0.05, 0.1) is 0 Å². The van der Waals surface area contributed by atoms with Gasteiger partial charge in [0.1, 0.15) is 32.3 Å². The first-order valence-corrected chi connectivity index (χ1v) is 43.5. The van der Waals surface area contributed by atoms with Crippen molar-refractivity contribution < 1.29 is 0 Å². The van der Waals surface area contributed by atoms with E-state index in [0.717, 1.165) is 22.3 Å². The highest BCUT2D eigenvalue weighted by atomic mass is 28.3. The van der Waals surface area contributed by atoms with E-state index in [-0.39, 0.29) is 0 Å². The predicted octanol–water partition coefficient (Wildman–Crippen LogP) is 26.2. The molecular weight excluding hydrogens is 1150 g/mol. The third kappa shape index (κ3) is 11.7. The largest absolute Gasteiger partial charge is 0.146 e. The molecule has 0 saturated heterocycles. The highest BCUT2D eigenvalue weighted by Crippen LogP contribution is 2.47. The van der Waals surface area contributed by atoms with Crippen LogP contribution in [0, 0.1) is 45.9 Å². The Labute approximate surface area is 549 Å².